The molecule has 0 aromatic rings. The van der Waals surface area contributed by atoms with Gasteiger partial charge in [0.25, 0.3) is 0 Å². The summed E-state index contributed by atoms with van der Waals surface area (Å²) in [7, 11) is -2.51. The summed E-state index contributed by atoms with van der Waals surface area (Å²) in [6.07, 6.45) is 8.88. The maximum Gasteiger partial charge on any atom is 0.628 e. The zero-order valence-corrected chi connectivity index (χ0v) is 35.0. The van der Waals surface area contributed by atoms with Crippen molar-refractivity contribution in [3.63, 3.8) is 0 Å². The first-order chi connectivity index (χ1) is 28.2. The van der Waals surface area contributed by atoms with E-state index < -0.39 is 60.2 Å². The molecule has 60 heavy (non-hydrogen) atoms. The number of terminal acetylenes is 1. The lowest BCUT2D eigenvalue weighted by molar-refractivity contribution is -0.190. The van der Waals surface area contributed by atoms with E-state index in [2.05, 4.69) is 166 Å². The molecule has 2 aliphatic heterocycles. The van der Waals surface area contributed by atoms with Gasteiger partial charge in [-0.05, 0) is 170 Å². The van der Waals surface area contributed by atoms with Gasteiger partial charge in [0.15, 0.2) is 0 Å². The Bertz CT molecular complexity index is 2680. The average Bonchev–Trinajstić information content (AvgIpc) is 3.53. The molecule has 0 saturated carbocycles. The van der Waals surface area contributed by atoms with Gasteiger partial charge in [0.1, 0.15) is 22.4 Å². The third kappa shape index (κ3) is 14.4. The molecule has 0 aromatic heterocycles. The fourth-order valence-corrected chi connectivity index (χ4v) is 5.09. The van der Waals surface area contributed by atoms with E-state index in [1.807, 2.05) is 0 Å². The van der Waals surface area contributed by atoms with Crippen LogP contribution in [0.2, 0.25) is 0 Å². The van der Waals surface area contributed by atoms with Crippen LogP contribution in [0.1, 0.15) is 76.2 Å². The van der Waals surface area contributed by atoms with E-state index in [9.17, 15) is 9.59 Å². The number of carbonyl (C=O) groups is 2. The normalized spacial score (nSPS) is 18.0. The Morgan fingerprint density at radius 2 is 0.917 bits per heavy atom. The molecule has 0 aliphatic carbocycles. The number of allylic oxidation sites excluding steroid dienone is 2. The van der Waals surface area contributed by atoms with Crippen LogP contribution in [0.15, 0.2) is 6.08 Å². The van der Waals surface area contributed by atoms with Crippen LogP contribution in [-0.4, -0.2) is 60.2 Å². The second-order valence-corrected chi connectivity index (χ2v) is 14.0. The molecule has 2 aliphatic rings. The molecule has 2 atom stereocenters. The van der Waals surface area contributed by atoms with Gasteiger partial charge in [-0.2, -0.15) is 5.92 Å². The van der Waals surface area contributed by atoms with Crippen molar-refractivity contribution >= 4 is 26.6 Å². The van der Waals surface area contributed by atoms with Gasteiger partial charge in [0.2, 0.25) is 0 Å². The Morgan fingerprint density at radius 3 is 1.30 bits per heavy atom. The third-order valence-corrected chi connectivity index (χ3v) is 8.91. The zero-order valence-electron chi connectivity index (χ0n) is 35.0. The first-order valence-corrected chi connectivity index (χ1v) is 17.6. The second-order valence-electron chi connectivity index (χ2n) is 14.0. The van der Waals surface area contributed by atoms with Crippen LogP contribution in [0.4, 0.5) is 0 Å². The number of carbonyl (C=O) groups excluding carboxylic acids is 2. The van der Waals surface area contributed by atoms with Crippen LogP contribution >= 0.6 is 0 Å². The van der Waals surface area contributed by atoms with Crippen molar-refractivity contribution in [1.29, 1.82) is 0 Å². The summed E-state index contributed by atoms with van der Waals surface area (Å²) in [5, 5.41) is 0. The summed E-state index contributed by atoms with van der Waals surface area (Å²) in [4.78, 5) is 24.5. The Labute approximate surface area is 356 Å². The van der Waals surface area contributed by atoms with Crippen molar-refractivity contribution in [3.05, 3.63) is 12.2 Å². The quantitative estimate of drug-likeness (QED) is 0.132. The summed E-state index contributed by atoms with van der Waals surface area (Å²) in [5.74, 6) is 65.3. The van der Waals surface area contributed by atoms with Gasteiger partial charge in [-0.25, -0.2) is 16.6 Å². The van der Waals surface area contributed by atoms with E-state index >= 15 is 0 Å². The number of hydrogen-bond donors (Lipinski definition) is 0. The lowest BCUT2D eigenvalue weighted by Crippen LogP contribution is -2.61. The molecule has 0 radical (unpaired) electrons. The highest BCUT2D eigenvalue weighted by Gasteiger charge is 2.68. The van der Waals surface area contributed by atoms with E-state index in [1.54, 1.807) is 69.2 Å². The van der Waals surface area contributed by atoms with E-state index in [0.717, 1.165) is 0 Å². The van der Waals surface area contributed by atoms with Gasteiger partial charge >= 0.3 is 26.6 Å². The monoisotopic (exact) mass is 789 g/mol. The minimum absolute atomic E-state index is 0.468. The van der Waals surface area contributed by atoms with Gasteiger partial charge in [0, 0.05) is 36.5 Å². The largest absolute Gasteiger partial charge is 0.628 e. The topological polar surface area (TPSA) is 98.8 Å². The van der Waals surface area contributed by atoms with Gasteiger partial charge in [-0.3, -0.25) is 4.79 Å². The number of hydrogen-bond acceptors (Lipinski definition) is 9. The molecule has 2 heterocycles. The minimum Gasteiger partial charge on any atom is -0.457 e. The summed E-state index contributed by atoms with van der Waals surface area (Å²) in [5.41, 5.74) is -6.71. The average molecular weight is 789 g/mol. The zero-order chi connectivity index (χ0) is 44.8. The molecule has 0 aromatic carbocycles. The molecular weight excluding hydrogens is 754 g/mol. The van der Waals surface area contributed by atoms with Crippen molar-refractivity contribution < 1.29 is 42.3 Å². The first kappa shape index (κ1) is 48.6. The van der Waals surface area contributed by atoms with Crippen molar-refractivity contribution in [2.24, 2.45) is 0 Å². The molecule has 0 amide bonds. The van der Waals surface area contributed by atoms with Crippen molar-refractivity contribution in [3.8, 4) is 166 Å². The Balaban J connectivity index is 1.88. The predicted molar refractivity (Wildman–Crippen MR) is 226 cm³/mol. The Kier molecular flexibility index (Phi) is 18.1. The van der Waals surface area contributed by atoms with E-state index in [0.29, 0.717) is 0 Å². The van der Waals surface area contributed by atoms with Crippen LogP contribution < -0.4 is 0 Å². The predicted octanol–water partition coefficient (Wildman–Crippen LogP) is 2.84. The fourth-order valence-electron chi connectivity index (χ4n) is 5.09. The Hall–Kier alpha value is -7.55. The molecule has 11 heteroatoms. The molecule has 0 bridgehead atoms. The van der Waals surface area contributed by atoms with Crippen LogP contribution in [0, 0.1) is 172 Å². The van der Waals surface area contributed by atoms with E-state index in [1.165, 1.54) is 13.0 Å². The summed E-state index contributed by atoms with van der Waals surface area (Å²) < 4.78 is 41.8. The highest BCUT2D eigenvalue weighted by atomic mass is 16.9. The number of esters is 2. The van der Waals surface area contributed by atoms with E-state index in [-0.39, 0.29) is 0 Å². The number of ether oxygens (including phenoxy) is 2. The summed E-state index contributed by atoms with van der Waals surface area (Å²) >= 11 is 0. The standard InChI is InChI=1S/C49H35B2O9/c1-13-14-15-16-17-18-19-20-21-22-23-24-25-26-27-28-29-30-31-32-33-34-35-36-37-38-39-40-41-43(53)55-45(5,6)49(12)47(9,10)57-51(59-49)60-50-56-46(7,8)48(11,58-50)44(3,4)54-42(2)52/h1,37H,2-12H3/q-1. The van der Waals surface area contributed by atoms with Gasteiger partial charge in [-0.1, -0.05) is 11.8 Å². The Morgan fingerprint density at radius 1 is 0.550 bits per heavy atom. The molecule has 9 nitrogen and oxygen atoms in total. The lowest BCUT2D eigenvalue weighted by atomic mass is 9.75. The van der Waals surface area contributed by atoms with Crippen LogP contribution in [0.25, 0.3) is 0 Å². The molecule has 0 N–H and O–H groups in total. The highest BCUT2D eigenvalue weighted by Crippen LogP contribution is 2.49. The lowest BCUT2D eigenvalue weighted by Gasteiger charge is -2.46. The molecule has 2 saturated heterocycles. The van der Waals surface area contributed by atoms with Gasteiger partial charge in [-0.15, -0.1) is 18.6 Å². The summed E-state index contributed by atoms with van der Waals surface area (Å²) in [6, 6.07) is 0. The molecule has 2 rings (SSSR count). The molecule has 2 unspecified atom stereocenters. The van der Waals surface area contributed by atoms with E-state index in [4.69, 9.17) is 39.1 Å². The molecule has 0 spiro atoms. The van der Waals surface area contributed by atoms with Crippen LogP contribution in [-0.2, 0) is 42.3 Å². The smallest absolute Gasteiger partial charge is 0.457 e. The van der Waals surface area contributed by atoms with Crippen LogP contribution in [0.3, 0.4) is 0 Å². The molecular formula is C49H35B2O9-. The third-order valence-electron chi connectivity index (χ3n) is 8.91. The SMILES string of the molecule is C#CC#CC#CC#CC#CC#CC#CC#CC#CC#CC#CC#C[C-]=CC#CC#CC(=O)OC(C)(C)C1(C)OB(OB2OC(C)(C)C(C)(C(C)(C)OC(C)=O)O2)OC1(C)C. The molecule has 292 valence electrons. The second kappa shape index (κ2) is 22.4. The van der Waals surface area contributed by atoms with Gasteiger partial charge < -0.3 is 32.7 Å². The summed E-state index contributed by atoms with van der Waals surface area (Å²) in [6.45, 7) is 18.7. The molecule has 2 fully saturated rings. The fraction of sp³-hybridized carbons (Fsp3) is 0.347. The van der Waals surface area contributed by atoms with Crippen LogP contribution in [0.5, 0.6) is 0 Å². The maximum atomic E-state index is 12.7. The minimum atomic E-state index is -1.28. The maximum absolute atomic E-state index is 12.7. The van der Waals surface area contributed by atoms with Crippen molar-refractivity contribution in [1.82, 2.24) is 0 Å². The highest BCUT2D eigenvalue weighted by molar-refractivity contribution is 6.53. The van der Waals surface area contributed by atoms with Crippen molar-refractivity contribution in [2.75, 3.05) is 0 Å². The first-order valence-electron chi connectivity index (χ1n) is 17.6. The van der Waals surface area contributed by atoms with Gasteiger partial charge in [0.05, 0.1) is 11.2 Å². The number of rotatable bonds is 6. The van der Waals surface area contributed by atoms with Crippen molar-refractivity contribution in [2.45, 2.75) is 110 Å².